The van der Waals surface area contributed by atoms with Gasteiger partial charge in [-0.15, -0.1) is 0 Å². The largest absolute Gasteiger partial charge is 0.356 e. The van der Waals surface area contributed by atoms with Crippen molar-refractivity contribution in [3.63, 3.8) is 0 Å². The van der Waals surface area contributed by atoms with Crippen molar-refractivity contribution in [3.05, 3.63) is 0 Å². The molecule has 0 aliphatic carbocycles. The first-order valence-electron chi connectivity index (χ1n) is 8.63. The highest BCUT2D eigenvalue weighted by Gasteiger charge is 2.13. The number of aliphatic imine (C=N–C) groups is 1. The number of sulfonamides is 1. The van der Waals surface area contributed by atoms with Crippen LogP contribution in [0.25, 0.3) is 0 Å². The van der Waals surface area contributed by atoms with E-state index in [0.717, 1.165) is 24.7 Å². The number of hydrogen-bond acceptors (Lipinski definition) is 3. The predicted molar refractivity (Wildman–Crippen MR) is 99.4 cm³/mol. The molecule has 2 N–H and O–H groups in total. The molecule has 0 aliphatic rings. The summed E-state index contributed by atoms with van der Waals surface area (Å²) in [6, 6.07) is 0.378. The van der Waals surface area contributed by atoms with Crippen LogP contribution in [-0.4, -0.2) is 57.7 Å². The Hall–Kier alpha value is -0.820. The van der Waals surface area contributed by atoms with Gasteiger partial charge in [0, 0.05) is 32.7 Å². The van der Waals surface area contributed by atoms with E-state index < -0.39 is 10.0 Å². The van der Waals surface area contributed by atoms with Crippen molar-refractivity contribution in [3.8, 4) is 0 Å². The summed E-state index contributed by atoms with van der Waals surface area (Å²) in [6.07, 6.45) is 5.59. The molecule has 0 radical (unpaired) electrons. The normalized spacial score (nSPS) is 14.3. The molecule has 1 unspecified atom stereocenters. The molecule has 7 heteroatoms. The third-order valence-electron chi connectivity index (χ3n) is 3.72. The van der Waals surface area contributed by atoms with Crippen LogP contribution in [0.15, 0.2) is 4.99 Å². The van der Waals surface area contributed by atoms with Crippen LogP contribution in [0.1, 0.15) is 53.4 Å². The molecule has 0 fully saturated rings. The average molecular weight is 349 g/mol. The van der Waals surface area contributed by atoms with Crippen molar-refractivity contribution in [1.29, 1.82) is 0 Å². The molecule has 0 rings (SSSR count). The van der Waals surface area contributed by atoms with E-state index in [1.807, 2.05) is 6.92 Å². The van der Waals surface area contributed by atoms with E-state index in [9.17, 15) is 8.42 Å². The van der Waals surface area contributed by atoms with E-state index in [1.54, 1.807) is 7.05 Å². The molecule has 0 aliphatic heterocycles. The summed E-state index contributed by atoms with van der Waals surface area (Å²) in [5.41, 5.74) is 0. The summed E-state index contributed by atoms with van der Waals surface area (Å²) >= 11 is 0. The van der Waals surface area contributed by atoms with E-state index in [0.29, 0.717) is 25.7 Å². The van der Waals surface area contributed by atoms with E-state index in [4.69, 9.17) is 0 Å². The molecule has 0 aromatic rings. The first kappa shape index (κ1) is 22.2. The second-order valence-corrected chi connectivity index (χ2v) is 8.46. The van der Waals surface area contributed by atoms with Crippen LogP contribution >= 0.6 is 0 Å². The Bertz CT molecular complexity index is 435. The van der Waals surface area contributed by atoms with Gasteiger partial charge in [0.15, 0.2) is 5.96 Å². The molecule has 138 valence electrons. The summed E-state index contributed by atoms with van der Waals surface area (Å²) in [6.45, 7) is 10.2. The minimum atomic E-state index is -3.10. The predicted octanol–water partition coefficient (Wildman–Crippen LogP) is 2.04. The van der Waals surface area contributed by atoms with Crippen molar-refractivity contribution in [2.45, 2.75) is 59.4 Å². The maximum absolute atomic E-state index is 11.5. The van der Waals surface area contributed by atoms with Gasteiger partial charge in [-0.05, 0) is 25.7 Å². The molecule has 6 nitrogen and oxygen atoms in total. The van der Waals surface area contributed by atoms with Crippen LogP contribution in [0, 0.1) is 5.92 Å². The second kappa shape index (κ2) is 11.7. The highest BCUT2D eigenvalue weighted by molar-refractivity contribution is 7.88. The Morgan fingerprint density at radius 3 is 2.30 bits per heavy atom. The van der Waals surface area contributed by atoms with Crippen LogP contribution in [-0.2, 0) is 10.0 Å². The lowest BCUT2D eigenvalue weighted by Crippen LogP contribution is -2.43. The van der Waals surface area contributed by atoms with Crippen molar-refractivity contribution >= 4 is 16.0 Å². The Balaban J connectivity index is 4.03. The number of nitrogens with one attached hydrogen (secondary N) is 2. The van der Waals surface area contributed by atoms with Crippen LogP contribution in [0.3, 0.4) is 0 Å². The van der Waals surface area contributed by atoms with E-state index in [1.165, 1.54) is 23.4 Å². The lowest BCUT2D eigenvalue weighted by molar-refractivity contribution is 0.423. The van der Waals surface area contributed by atoms with Gasteiger partial charge in [0.1, 0.15) is 0 Å². The molecule has 0 heterocycles. The third kappa shape index (κ3) is 11.4. The number of hydrogen-bond donors (Lipinski definition) is 2. The smallest absolute Gasteiger partial charge is 0.211 e. The fourth-order valence-electron chi connectivity index (χ4n) is 2.35. The highest BCUT2D eigenvalue weighted by Crippen LogP contribution is 2.08. The lowest BCUT2D eigenvalue weighted by atomic mass is 10.0. The minimum absolute atomic E-state index is 0.378. The summed E-state index contributed by atoms with van der Waals surface area (Å²) in [5, 5.41) is 6.63. The fraction of sp³-hybridized carbons (Fsp3) is 0.938. The van der Waals surface area contributed by atoms with E-state index >= 15 is 0 Å². The molecule has 0 saturated carbocycles. The standard InChI is InChI=1S/C16H36N4O2S/c1-7-20(23(6,21)22)13-9-12-18-16(17-5)19-15(4)11-8-10-14(2)3/h14-15H,7-13H2,1-6H3,(H2,17,18,19). The highest BCUT2D eigenvalue weighted by atomic mass is 32.2. The van der Waals surface area contributed by atoms with Gasteiger partial charge in [-0.25, -0.2) is 12.7 Å². The van der Waals surface area contributed by atoms with Gasteiger partial charge in [0.25, 0.3) is 0 Å². The molecule has 23 heavy (non-hydrogen) atoms. The van der Waals surface area contributed by atoms with Crippen molar-refractivity contribution in [2.24, 2.45) is 10.9 Å². The quantitative estimate of drug-likeness (QED) is 0.340. The monoisotopic (exact) mass is 348 g/mol. The molecule has 1 atom stereocenters. The van der Waals surface area contributed by atoms with Crippen molar-refractivity contribution in [2.75, 3.05) is 32.9 Å². The minimum Gasteiger partial charge on any atom is -0.356 e. The van der Waals surface area contributed by atoms with Gasteiger partial charge in [0.2, 0.25) is 10.0 Å². The van der Waals surface area contributed by atoms with Gasteiger partial charge >= 0.3 is 0 Å². The van der Waals surface area contributed by atoms with E-state index in [2.05, 4.69) is 36.4 Å². The van der Waals surface area contributed by atoms with Gasteiger partial charge in [-0.3, -0.25) is 4.99 Å². The third-order valence-corrected chi connectivity index (χ3v) is 5.10. The molecule has 0 amide bonds. The second-order valence-electron chi connectivity index (χ2n) is 6.48. The maximum Gasteiger partial charge on any atom is 0.211 e. The van der Waals surface area contributed by atoms with Gasteiger partial charge in [0.05, 0.1) is 6.26 Å². The Morgan fingerprint density at radius 1 is 1.17 bits per heavy atom. The molecular weight excluding hydrogens is 312 g/mol. The summed E-state index contributed by atoms with van der Waals surface area (Å²) < 4.78 is 24.5. The molecule has 0 bridgehead atoms. The number of nitrogens with zero attached hydrogens (tertiary/aromatic N) is 2. The summed E-state index contributed by atoms with van der Waals surface area (Å²) in [4.78, 5) is 4.22. The van der Waals surface area contributed by atoms with E-state index in [-0.39, 0.29) is 0 Å². The van der Waals surface area contributed by atoms with Crippen LogP contribution < -0.4 is 10.6 Å². The van der Waals surface area contributed by atoms with Crippen LogP contribution in [0.5, 0.6) is 0 Å². The lowest BCUT2D eigenvalue weighted by Gasteiger charge is -2.20. The molecule has 0 aromatic heterocycles. The SMILES string of the molecule is CCN(CCCNC(=NC)NC(C)CCCC(C)C)S(C)(=O)=O. The molecule has 0 spiro atoms. The van der Waals surface area contributed by atoms with Crippen molar-refractivity contribution in [1.82, 2.24) is 14.9 Å². The number of guanidine groups is 1. The van der Waals surface area contributed by atoms with Crippen LogP contribution in [0.4, 0.5) is 0 Å². The van der Waals surface area contributed by atoms with Gasteiger partial charge in [-0.2, -0.15) is 0 Å². The maximum atomic E-state index is 11.5. The zero-order valence-electron chi connectivity index (χ0n) is 15.7. The van der Waals surface area contributed by atoms with Gasteiger partial charge < -0.3 is 10.6 Å². The Labute approximate surface area is 143 Å². The first-order valence-corrected chi connectivity index (χ1v) is 10.5. The topological polar surface area (TPSA) is 73.8 Å². The summed E-state index contributed by atoms with van der Waals surface area (Å²) in [7, 11) is -1.34. The molecule has 0 aromatic carbocycles. The Kier molecular flexibility index (Phi) is 11.3. The Morgan fingerprint density at radius 2 is 1.83 bits per heavy atom. The molecule has 0 saturated heterocycles. The van der Waals surface area contributed by atoms with Crippen LogP contribution in [0.2, 0.25) is 0 Å². The fourth-order valence-corrected chi connectivity index (χ4v) is 3.28. The van der Waals surface area contributed by atoms with Gasteiger partial charge in [-0.1, -0.05) is 33.6 Å². The average Bonchev–Trinajstić information content (AvgIpc) is 2.44. The number of rotatable bonds is 11. The zero-order valence-corrected chi connectivity index (χ0v) is 16.5. The molecular formula is C16H36N4O2S. The first-order chi connectivity index (χ1) is 10.7. The van der Waals surface area contributed by atoms with Crippen molar-refractivity contribution < 1.29 is 8.42 Å². The zero-order chi connectivity index (χ0) is 17.9. The summed E-state index contributed by atoms with van der Waals surface area (Å²) in [5.74, 6) is 1.53.